The lowest BCUT2D eigenvalue weighted by atomic mass is 9.96. The summed E-state index contributed by atoms with van der Waals surface area (Å²) in [5.74, 6) is 1.17. The molecule has 0 radical (unpaired) electrons. The molecule has 0 aliphatic rings. The molecular formula is C13H18O3S. The molecule has 0 fully saturated rings. The fraction of sp³-hybridized carbons (Fsp3) is 0.462. The van der Waals surface area contributed by atoms with Crippen LogP contribution in [0.3, 0.4) is 0 Å². The Morgan fingerprint density at radius 1 is 1.41 bits per heavy atom. The van der Waals surface area contributed by atoms with Crippen LogP contribution in [0, 0.1) is 0 Å². The average Bonchev–Trinajstić information content (AvgIpc) is 2.28. The minimum absolute atomic E-state index is 0.160. The van der Waals surface area contributed by atoms with Gasteiger partial charge in [0.15, 0.2) is 5.78 Å². The Hall–Kier alpha value is -0.840. The van der Waals surface area contributed by atoms with E-state index in [4.69, 9.17) is 5.11 Å². The van der Waals surface area contributed by atoms with Crippen LogP contribution in [-0.2, 0) is 5.75 Å². The van der Waals surface area contributed by atoms with Crippen molar-refractivity contribution < 1.29 is 15.0 Å². The molecule has 17 heavy (non-hydrogen) atoms. The van der Waals surface area contributed by atoms with Gasteiger partial charge in [0.1, 0.15) is 5.60 Å². The van der Waals surface area contributed by atoms with E-state index in [2.05, 4.69) is 0 Å². The molecule has 0 aromatic heterocycles. The van der Waals surface area contributed by atoms with E-state index in [1.807, 2.05) is 12.1 Å². The molecule has 0 saturated heterocycles. The summed E-state index contributed by atoms with van der Waals surface area (Å²) in [7, 11) is 0. The summed E-state index contributed by atoms with van der Waals surface area (Å²) in [5.41, 5.74) is 0.217. The van der Waals surface area contributed by atoms with Crippen molar-refractivity contribution in [1.82, 2.24) is 0 Å². The molecular weight excluding hydrogens is 236 g/mol. The van der Waals surface area contributed by atoms with Gasteiger partial charge in [-0.15, -0.1) is 0 Å². The monoisotopic (exact) mass is 254 g/mol. The molecule has 0 aliphatic carbocycles. The van der Waals surface area contributed by atoms with Gasteiger partial charge in [-0.25, -0.2) is 0 Å². The second-order valence-electron chi connectivity index (χ2n) is 4.36. The van der Waals surface area contributed by atoms with Gasteiger partial charge in [-0.2, -0.15) is 11.8 Å². The number of carbonyl (C=O) groups excluding carboxylic acids is 1. The van der Waals surface area contributed by atoms with Crippen LogP contribution in [0.15, 0.2) is 24.3 Å². The van der Waals surface area contributed by atoms with Crippen LogP contribution in [0.2, 0.25) is 0 Å². The Bertz CT molecular complexity index is 382. The minimum Gasteiger partial charge on any atom is -0.396 e. The number of aliphatic hydroxyl groups excluding tert-OH is 1. The van der Waals surface area contributed by atoms with Crippen LogP contribution in [-0.4, -0.2) is 34.0 Å². The van der Waals surface area contributed by atoms with Crippen molar-refractivity contribution in [3.63, 3.8) is 0 Å². The third kappa shape index (κ3) is 4.50. The van der Waals surface area contributed by atoms with Gasteiger partial charge in [-0.3, -0.25) is 4.79 Å². The Balaban J connectivity index is 2.75. The zero-order valence-corrected chi connectivity index (χ0v) is 11.0. The molecule has 2 N–H and O–H groups in total. The Morgan fingerprint density at radius 2 is 2.12 bits per heavy atom. The minimum atomic E-state index is -1.34. The van der Waals surface area contributed by atoms with Crippen molar-refractivity contribution in [1.29, 1.82) is 0 Å². The number of carbonyl (C=O) groups is 1. The quantitative estimate of drug-likeness (QED) is 0.601. The number of hydrogen-bond donors (Lipinski definition) is 2. The second kappa shape index (κ2) is 6.19. The summed E-state index contributed by atoms with van der Waals surface area (Å²) in [6.45, 7) is 3.14. The SMILES string of the molecule is CC(C)(O)C(=O)c1cccc(CSCCO)c1. The van der Waals surface area contributed by atoms with Gasteiger partial charge in [0.05, 0.1) is 6.61 Å². The van der Waals surface area contributed by atoms with E-state index in [1.165, 1.54) is 13.8 Å². The van der Waals surface area contributed by atoms with E-state index in [0.29, 0.717) is 11.3 Å². The van der Waals surface area contributed by atoms with E-state index in [1.54, 1.807) is 23.9 Å². The molecule has 94 valence electrons. The van der Waals surface area contributed by atoms with Crippen LogP contribution in [0.1, 0.15) is 29.8 Å². The molecule has 1 aromatic rings. The molecule has 0 amide bonds. The van der Waals surface area contributed by atoms with Crippen molar-refractivity contribution in [2.45, 2.75) is 25.2 Å². The smallest absolute Gasteiger partial charge is 0.193 e. The molecule has 0 heterocycles. The summed E-state index contributed by atoms with van der Waals surface area (Å²) in [5, 5.41) is 18.3. The molecule has 1 rings (SSSR count). The lowest BCUT2D eigenvalue weighted by Crippen LogP contribution is -2.31. The van der Waals surface area contributed by atoms with E-state index in [9.17, 15) is 9.90 Å². The standard InChI is InChI=1S/C13H18O3S/c1-13(2,16)12(15)11-5-3-4-10(8-11)9-17-7-6-14/h3-5,8,14,16H,6-7,9H2,1-2H3. The number of aliphatic hydroxyl groups is 2. The van der Waals surface area contributed by atoms with Crippen LogP contribution in [0.5, 0.6) is 0 Å². The van der Waals surface area contributed by atoms with Gasteiger partial charge < -0.3 is 10.2 Å². The van der Waals surface area contributed by atoms with Crippen LogP contribution in [0.4, 0.5) is 0 Å². The van der Waals surface area contributed by atoms with Crippen LogP contribution >= 0.6 is 11.8 Å². The maximum Gasteiger partial charge on any atom is 0.193 e. The molecule has 0 spiro atoms. The van der Waals surface area contributed by atoms with Gasteiger partial charge >= 0.3 is 0 Å². The van der Waals surface area contributed by atoms with Crippen molar-refractivity contribution in [2.75, 3.05) is 12.4 Å². The summed E-state index contributed by atoms with van der Waals surface area (Å²) >= 11 is 1.61. The first kappa shape index (κ1) is 14.2. The van der Waals surface area contributed by atoms with Gasteiger partial charge in [0.25, 0.3) is 0 Å². The van der Waals surface area contributed by atoms with E-state index in [-0.39, 0.29) is 12.4 Å². The Labute approximate surface area is 106 Å². The number of rotatable bonds is 6. The summed E-state index contributed by atoms with van der Waals surface area (Å²) in [6, 6.07) is 7.25. The lowest BCUT2D eigenvalue weighted by Gasteiger charge is -2.15. The van der Waals surface area contributed by atoms with Crippen molar-refractivity contribution in [3.05, 3.63) is 35.4 Å². The molecule has 0 atom stereocenters. The summed E-state index contributed by atoms with van der Waals surface area (Å²) in [4.78, 5) is 11.9. The highest BCUT2D eigenvalue weighted by Crippen LogP contribution is 2.17. The van der Waals surface area contributed by atoms with Crippen molar-refractivity contribution in [2.24, 2.45) is 0 Å². The normalized spacial score (nSPS) is 11.5. The first-order valence-corrected chi connectivity index (χ1v) is 6.65. The van der Waals surface area contributed by atoms with Gasteiger partial charge in [0.2, 0.25) is 0 Å². The number of hydrogen-bond acceptors (Lipinski definition) is 4. The Kier molecular flexibility index (Phi) is 5.18. The largest absolute Gasteiger partial charge is 0.396 e. The highest BCUT2D eigenvalue weighted by atomic mass is 32.2. The number of Topliss-reactive ketones (excluding diaryl/α,β-unsaturated/α-hetero) is 1. The molecule has 4 heteroatoms. The highest BCUT2D eigenvalue weighted by Gasteiger charge is 2.25. The average molecular weight is 254 g/mol. The van der Waals surface area contributed by atoms with Crippen LogP contribution < -0.4 is 0 Å². The molecule has 1 aromatic carbocycles. The van der Waals surface area contributed by atoms with Gasteiger partial charge in [-0.05, 0) is 25.5 Å². The molecule has 0 saturated carbocycles. The fourth-order valence-corrected chi connectivity index (χ4v) is 2.10. The van der Waals surface area contributed by atoms with Gasteiger partial charge in [-0.1, -0.05) is 18.2 Å². The van der Waals surface area contributed by atoms with Crippen LogP contribution in [0.25, 0.3) is 0 Å². The highest BCUT2D eigenvalue weighted by molar-refractivity contribution is 7.98. The van der Waals surface area contributed by atoms with E-state index >= 15 is 0 Å². The first-order chi connectivity index (χ1) is 7.95. The van der Waals surface area contributed by atoms with Crippen molar-refractivity contribution in [3.8, 4) is 0 Å². The Morgan fingerprint density at radius 3 is 2.71 bits per heavy atom. The summed E-state index contributed by atoms with van der Waals surface area (Å²) in [6.07, 6.45) is 0. The number of ketones is 1. The molecule has 0 aliphatic heterocycles. The molecule has 0 unspecified atom stereocenters. The first-order valence-electron chi connectivity index (χ1n) is 5.50. The predicted molar refractivity (Wildman–Crippen MR) is 70.3 cm³/mol. The zero-order chi connectivity index (χ0) is 12.9. The number of benzene rings is 1. The molecule has 3 nitrogen and oxygen atoms in total. The number of thioether (sulfide) groups is 1. The van der Waals surface area contributed by atoms with E-state index in [0.717, 1.165) is 11.3 Å². The van der Waals surface area contributed by atoms with Gasteiger partial charge in [0, 0.05) is 17.1 Å². The maximum absolute atomic E-state index is 11.9. The zero-order valence-electron chi connectivity index (χ0n) is 10.1. The van der Waals surface area contributed by atoms with Crippen molar-refractivity contribution >= 4 is 17.5 Å². The van der Waals surface area contributed by atoms with E-state index < -0.39 is 5.60 Å². The lowest BCUT2D eigenvalue weighted by molar-refractivity contribution is 0.0488. The maximum atomic E-state index is 11.9. The fourth-order valence-electron chi connectivity index (χ4n) is 1.41. The topological polar surface area (TPSA) is 57.5 Å². The molecule has 0 bridgehead atoms. The summed E-state index contributed by atoms with van der Waals surface area (Å²) < 4.78 is 0. The second-order valence-corrected chi connectivity index (χ2v) is 5.47. The third-order valence-electron chi connectivity index (χ3n) is 2.25. The third-order valence-corrected chi connectivity index (χ3v) is 3.26. The predicted octanol–water partition coefficient (Wildman–Crippen LogP) is 1.87.